The quantitative estimate of drug-likeness (QED) is 0.0261. The Labute approximate surface area is 445 Å². The van der Waals surface area contributed by atoms with E-state index in [0.29, 0.717) is 19.3 Å². The summed E-state index contributed by atoms with van der Waals surface area (Å²) in [4.78, 5) is 38.2. The second kappa shape index (κ2) is 60.1. The molecule has 0 amide bonds. The van der Waals surface area contributed by atoms with Crippen LogP contribution < -0.4 is 0 Å². The first-order valence-electron chi connectivity index (χ1n) is 30.6. The Bertz CT molecular complexity index is 1380. The summed E-state index contributed by atoms with van der Waals surface area (Å²) >= 11 is 0. The molecule has 0 aliphatic rings. The van der Waals surface area contributed by atoms with E-state index in [-0.39, 0.29) is 31.6 Å². The number of esters is 3. The highest BCUT2D eigenvalue weighted by atomic mass is 16.6. The van der Waals surface area contributed by atoms with Crippen LogP contribution in [0.5, 0.6) is 0 Å². The minimum atomic E-state index is -0.819. The summed E-state index contributed by atoms with van der Waals surface area (Å²) in [6, 6.07) is 0. The van der Waals surface area contributed by atoms with Gasteiger partial charge >= 0.3 is 17.9 Å². The Hall–Kier alpha value is -3.41. The van der Waals surface area contributed by atoms with Crippen LogP contribution in [0.3, 0.4) is 0 Å². The van der Waals surface area contributed by atoms with Crippen molar-refractivity contribution < 1.29 is 28.6 Å². The second-order valence-electron chi connectivity index (χ2n) is 20.2. The van der Waals surface area contributed by atoms with E-state index in [1.54, 1.807) is 0 Å². The highest BCUT2D eigenvalue weighted by molar-refractivity contribution is 5.71. The fourth-order valence-electron chi connectivity index (χ4n) is 8.58. The van der Waals surface area contributed by atoms with Crippen LogP contribution in [0.1, 0.15) is 297 Å². The third-order valence-electron chi connectivity index (χ3n) is 13.1. The molecule has 1 atom stereocenters. The van der Waals surface area contributed by atoms with Crippen LogP contribution in [0.4, 0.5) is 0 Å². The lowest BCUT2D eigenvalue weighted by atomic mass is 10.0. The molecule has 1 unspecified atom stereocenters. The molecule has 0 saturated heterocycles. The van der Waals surface area contributed by atoms with Gasteiger partial charge < -0.3 is 14.2 Å². The van der Waals surface area contributed by atoms with Crippen molar-refractivity contribution in [1.82, 2.24) is 0 Å². The van der Waals surface area contributed by atoms with Crippen molar-refractivity contribution in [3.8, 4) is 0 Å². The molecular weight excluding hydrogens is 889 g/mol. The van der Waals surface area contributed by atoms with Crippen molar-refractivity contribution in [2.45, 2.75) is 303 Å². The molecule has 0 aromatic heterocycles. The van der Waals surface area contributed by atoms with Gasteiger partial charge in [0.15, 0.2) is 6.10 Å². The predicted molar refractivity (Wildman–Crippen MR) is 311 cm³/mol. The summed E-state index contributed by atoms with van der Waals surface area (Å²) in [5.41, 5.74) is 0. The zero-order valence-corrected chi connectivity index (χ0v) is 47.4. The average Bonchev–Trinajstić information content (AvgIpc) is 3.38. The summed E-state index contributed by atoms with van der Waals surface area (Å²) in [6.45, 7) is 6.46. The Morgan fingerprint density at radius 1 is 0.292 bits per heavy atom. The van der Waals surface area contributed by atoms with E-state index in [4.69, 9.17) is 14.2 Å². The van der Waals surface area contributed by atoms with Crippen LogP contribution in [0.2, 0.25) is 0 Å². The maximum absolute atomic E-state index is 12.8. The van der Waals surface area contributed by atoms with Crippen LogP contribution in [0.15, 0.2) is 85.1 Å². The summed E-state index contributed by atoms with van der Waals surface area (Å²) in [7, 11) is 0. The van der Waals surface area contributed by atoms with Crippen LogP contribution in [-0.4, -0.2) is 37.2 Å². The van der Waals surface area contributed by atoms with Gasteiger partial charge in [-0.25, -0.2) is 0 Å². The molecular formula is C66H114O6. The Balaban J connectivity index is 4.38. The van der Waals surface area contributed by atoms with Crippen molar-refractivity contribution in [1.29, 1.82) is 0 Å². The molecule has 0 N–H and O–H groups in total. The van der Waals surface area contributed by atoms with Gasteiger partial charge in [0.2, 0.25) is 0 Å². The number of rotatable bonds is 55. The minimum Gasteiger partial charge on any atom is -0.462 e. The first-order chi connectivity index (χ1) is 35.5. The maximum Gasteiger partial charge on any atom is 0.306 e. The molecule has 0 radical (unpaired) electrons. The van der Waals surface area contributed by atoms with E-state index in [9.17, 15) is 14.4 Å². The molecule has 6 heteroatoms. The van der Waals surface area contributed by atoms with E-state index < -0.39 is 12.1 Å². The number of allylic oxidation sites excluding steroid dienone is 14. The van der Waals surface area contributed by atoms with Crippen molar-refractivity contribution >= 4 is 17.9 Å². The van der Waals surface area contributed by atoms with Gasteiger partial charge in [-0.3, -0.25) is 14.4 Å². The Morgan fingerprint density at radius 3 is 0.931 bits per heavy atom. The van der Waals surface area contributed by atoms with Crippen molar-refractivity contribution in [2.75, 3.05) is 13.2 Å². The van der Waals surface area contributed by atoms with E-state index in [1.807, 2.05) is 6.08 Å². The number of hydrogen-bond acceptors (Lipinski definition) is 6. The SMILES string of the molecule is CC/C=C\C/C=C\C/C=C\C/C=C\C/C=C\C/C=C\CCC(=O)OC(COC(=O)CCCCCCC/C=C\CCCCC)COC(=O)CCCCCCCCCCCCCCCCCCCCCCCCC. The summed E-state index contributed by atoms with van der Waals surface area (Å²) in [6.07, 6.45) is 78.9. The molecule has 414 valence electrons. The minimum absolute atomic E-state index is 0.107. The summed E-state index contributed by atoms with van der Waals surface area (Å²) < 4.78 is 16.8. The molecule has 0 aromatic carbocycles. The molecule has 0 bridgehead atoms. The van der Waals surface area contributed by atoms with Crippen LogP contribution in [0, 0.1) is 0 Å². The van der Waals surface area contributed by atoms with Crippen molar-refractivity contribution in [2.24, 2.45) is 0 Å². The topological polar surface area (TPSA) is 78.9 Å². The molecule has 0 spiro atoms. The zero-order valence-electron chi connectivity index (χ0n) is 47.4. The first-order valence-corrected chi connectivity index (χ1v) is 30.6. The summed E-state index contributed by atoms with van der Waals surface area (Å²) in [5.74, 6) is -0.992. The van der Waals surface area contributed by atoms with E-state index >= 15 is 0 Å². The molecule has 0 aliphatic heterocycles. The van der Waals surface area contributed by atoms with E-state index in [1.165, 1.54) is 161 Å². The van der Waals surface area contributed by atoms with Gasteiger partial charge in [0.25, 0.3) is 0 Å². The fraction of sp³-hybridized carbons (Fsp3) is 0.742. The Kier molecular flexibility index (Phi) is 57.3. The molecule has 72 heavy (non-hydrogen) atoms. The van der Waals surface area contributed by atoms with Crippen LogP contribution in [-0.2, 0) is 28.6 Å². The van der Waals surface area contributed by atoms with Gasteiger partial charge in [0.05, 0.1) is 0 Å². The van der Waals surface area contributed by atoms with Gasteiger partial charge in [-0.05, 0) is 83.5 Å². The average molecular weight is 1000 g/mol. The molecule has 0 rings (SSSR count). The summed E-state index contributed by atoms with van der Waals surface area (Å²) in [5, 5.41) is 0. The highest BCUT2D eigenvalue weighted by Gasteiger charge is 2.19. The molecule has 6 nitrogen and oxygen atoms in total. The first kappa shape index (κ1) is 68.6. The lowest BCUT2D eigenvalue weighted by Gasteiger charge is -2.18. The van der Waals surface area contributed by atoms with Gasteiger partial charge in [-0.15, -0.1) is 0 Å². The molecule has 0 saturated carbocycles. The molecule has 0 aromatic rings. The number of ether oxygens (including phenoxy) is 3. The maximum atomic E-state index is 12.8. The van der Waals surface area contributed by atoms with Gasteiger partial charge in [0.1, 0.15) is 13.2 Å². The second-order valence-corrected chi connectivity index (χ2v) is 20.2. The number of unbranched alkanes of at least 4 members (excludes halogenated alkanes) is 30. The highest BCUT2D eigenvalue weighted by Crippen LogP contribution is 2.17. The van der Waals surface area contributed by atoms with E-state index in [0.717, 1.165) is 89.9 Å². The van der Waals surface area contributed by atoms with Crippen molar-refractivity contribution in [3.63, 3.8) is 0 Å². The van der Waals surface area contributed by atoms with Gasteiger partial charge in [0, 0.05) is 19.3 Å². The number of hydrogen-bond donors (Lipinski definition) is 0. The lowest BCUT2D eigenvalue weighted by Crippen LogP contribution is -2.30. The third kappa shape index (κ3) is 57.5. The molecule has 0 heterocycles. The van der Waals surface area contributed by atoms with Gasteiger partial charge in [-0.1, -0.05) is 279 Å². The smallest absolute Gasteiger partial charge is 0.306 e. The lowest BCUT2D eigenvalue weighted by molar-refractivity contribution is -0.166. The largest absolute Gasteiger partial charge is 0.462 e. The van der Waals surface area contributed by atoms with Gasteiger partial charge in [-0.2, -0.15) is 0 Å². The number of carbonyl (C=O) groups is 3. The van der Waals surface area contributed by atoms with E-state index in [2.05, 4.69) is 99.8 Å². The van der Waals surface area contributed by atoms with Crippen LogP contribution >= 0.6 is 0 Å². The monoisotopic (exact) mass is 1000 g/mol. The van der Waals surface area contributed by atoms with Crippen molar-refractivity contribution in [3.05, 3.63) is 85.1 Å². The standard InChI is InChI=1S/C66H114O6/c1-4-7-10-13-16-19-22-25-27-29-31-32-33-34-36-37-39-41-44-47-50-53-56-59-65(68)71-62-63(61-70-64(67)58-55-52-49-46-43-24-21-18-15-12-9-6-3)72-66(69)60-57-54-51-48-45-42-40-38-35-30-28-26-23-20-17-14-11-8-5-2/h8,11,17-18,20-21,26,28,35,38,42,45,51,54,63H,4-7,9-10,12-16,19,22-25,27,29-34,36-37,39-41,43-44,46-50,52-53,55-62H2,1-3H3/b11-8-,20-17-,21-18-,28-26-,38-35-,45-42-,54-51-. The third-order valence-corrected chi connectivity index (χ3v) is 13.1. The normalized spacial score (nSPS) is 12.7. The molecule has 0 fully saturated rings. The zero-order chi connectivity index (χ0) is 52.2. The Morgan fingerprint density at radius 2 is 0.569 bits per heavy atom. The fourth-order valence-corrected chi connectivity index (χ4v) is 8.58. The van der Waals surface area contributed by atoms with Crippen LogP contribution in [0.25, 0.3) is 0 Å². The number of carbonyl (C=O) groups excluding carboxylic acids is 3. The predicted octanol–water partition coefficient (Wildman–Crippen LogP) is 20.7. The molecule has 0 aliphatic carbocycles.